The fourth-order valence-electron chi connectivity index (χ4n) is 1.56. The van der Waals surface area contributed by atoms with E-state index >= 15 is 0 Å². The Labute approximate surface area is 132 Å². The number of carbonyl (C=O) groups excluding carboxylic acids is 1. The SMILES string of the molecule is CCCOCCCNC(=O)c1cc(Cl)c(Cl)c([N+](=O)[O-])c1. The number of benzene rings is 1. The summed E-state index contributed by atoms with van der Waals surface area (Å²) in [7, 11) is 0. The summed E-state index contributed by atoms with van der Waals surface area (Å²) in [6, 6.07) is 2.41. The monoisotopic (exact) mass is 334 g/mol. The average Bonchev–Trinajstić information content (AvgIpc) is 2.44. The van der Waals surface area contributed by atoms with Gasteiger partial charge in [0, 0.05) is 31.4 Å². The van der Waals surface area contributed by atoms with Crippen molar-refractivity contribution >= 4 is 34.8 Å². The molecule has 0 unspecified atom stereocenters. The molecule has 1 aromatic rings. The molecule has 0 saturated heterocycles. The zero-order valence-corrected chi connectivity index (χ0v) is 13.0. The van der Waals surface area contributed by atoms with E-state index in [-0.39, 0.29) is 21.3 Å². The second kappa shape index (κ2) is 8.81. The third-order valence-corrected chi connectivity index (χ3v) is 3.36. The lowest BCUT2D eigenvalue weighted by Gasteiger charge is -2.07. The van der Waals surface area contributed by atoms with Gasteiger partial charge in [0.25, 0.3) is 11.6 Å². The van der Waals surface area contributed by atoms with E-state index in [1.165, 1.54) is 6.07 Å². The summed E-state index contributed by atoms with van der Waals surface area (Å²) >= 11 is 11.5. The molecule has 1 amide bonds. The van der Waals surface area contributed by atoms with Crippen LogP contribution in [0, 0.1) is 10.1 Å². The van der Waals surface area contributed by atoms with Gasteiger partial charge in [-0.1, -0.05) is 30.1 Å². The lowest BCUT2D eigenvalue weighted by Crippen LogP contribution is -2.25. The summed E-state index contributed by atoms with van der Waals surface area (Å²) in [6.45, 7) is 3.66. The number of nitro benzene ring substituents is 1. The van der Waals surface area contributed by atoms with Crippen molar-refractivity contribution in [3.05, 3.63) is 37.9 Å². The molecule has 116 valence electrons. The highest BCUT2D eigenvalue weighted by molar-refractivity contribution is 6.43. The van der Waals surface area contributed by atoms with Crippen molar-refractivity contribution in [1.29, 1.82) is 0 Å². The van der Waals surface area contributed by atoms with E-state index in [0.717, 1.165) is 12.5 Å². The Morgan fingerprint density at radius 1 is 1.38 bits per heavy atom. The normalized spacial score (nSPS) is 10.4. The molecule has 6 nitrogen and oxygen atoms in total. The van der Waals surface area contributed by atoms with Crippen LogP contribution in [0.15, 0.2) is 12.1 Å². The fraction of sp³-hybridized carbons (Fsp3) is 0.462. The Balaban J connectivity index is 2.60. The molecule has 0 aliphatic carbocycles. The first kappa shape index (κ1) is 17.7. The lowest BCUT2D eigenvalue weighted by atomic mass is 10.2. The predicted octanol–water partition coefficient (Wildman–Crippen LogP) is 3.45. The van der Waals surface area contributed by atoms with Crippen molar-refractivity contribution < 1.29 is 14.5 Å². The van der Waals surface area contributed by atoms with Gasteiger partial charge in [0.2, 0.25) is 0 Å². The first-order chi connectivity index (χ1) is 9.97. The standard InChI is InChI=1S/C13H16Cl2N2O4/c1-2-5-21-6-3-4-16-13(18)9-7-10(14)12(15)11(8-9)17(19)20/h7-8H,2-6H2,1H3,(H,16,18). The minimum Gasteiger partial charge on any atom is -0.381 e. The number of amides is 1. The van der Waals surface area contributed by atoms with Crippen molar-refractivity contribution in [3.8, 4) is 0 Å². The van der Waals surface area contributed by atoms with Crippen LogP contribution in [-0.2, 0) is 4.74 Å². The number of hydrogen-bond donors (Lipinski definition) is 1. The van der Waals surface area contributed by atoms with Crippen LogP contribution >= 0.6 is 23.2 Å². The van der Waals surface area contributed by atoms with Crippen LogP contribution in [0.4, 0.5) is 5.69 Å². The average molecular weight is 335 g/mol. The van der Waals surface area contributed by atoms with Crippen LogP contribution in [0.3, 0.4) is 0 Å². The van der Waals surface area contributed by atoms with Crippen molar-refractivity contribution in [2.45, 2.75) is 19.8 Å². The first-order valence-corrected chi connectivity index (χ1v) is 7.22. The Bertz CT molecular complexity index is 523. The van der Waals surface area contributed by atoms with E-state index in [4.69, 9.17) is 27.9 Å². The van der Waals surface area contributed by atoms with Gasteiger partial charge in [-0.25, -0.2) is 0 Å². The van der Waals surface area contributed by atoms with Gasteiger partial charge in [-0.05, 0) is 18.9 Å². The zero-order valence-electron chi connectivity index (χ0n) is 11.5. The van der Waals surface area contributed by atoms with Crippen molar-refractivity contribution in [2.24, 2.45) is 0 Å². The van der Waals surface area contributed by atoms with Crippen LogP contribution in [0.1, 0.15) is 30.1 Å². The first-order valence-electron chi connectivity index (χ1n) is 6.46. The molecule has 0 spiro atoms. The molecule has 0 atom stereocenters. The van der Waals surface area contributed by atoms with E-state index < -0.39 is 10.8 Å². The van der Waals surface area contributed by atoms with Gasteiger partial charge >= 0.3 is 0 Å². The van der Waals surface area contributed by atoms with Crippen LogP contribution in [-0.4, -0.2) is 30.6 Å². The molecule has 0 aliphatic heterocycles. The molecule has 0 bridgehead atoms. The minimum atomic E-state index is -0.677. The van der Waals surface area contributed by atoms with Gasteiger partial charge in [0.15, 0.2) is 0 Å². The number of nitrogens with one attached hydrogen (secondary N) is 1. The minimum absolute atomic E-state index is 0.0257. The van der Waals surface area contributed by atoms with Crippen molar-refractivity contribution in [3.63, 3.8) is 0 Å². The molecule has 0 aromatic heterocycles. The van der Waals surface area contributed by atoms with Crippen LogP contribution in [0.25, 0.3) is 0 Å². The van der Waals surface area contributed by atoms with E-state index in [2.05, 4.69) is 5.32 Å². The third kappa shape index (κ3) is 5.49. The predicted molar refractivity (Wildman–Crippen MR) is 81.2 cm³/mol. The number of rotatable bonds is 8. The highest BCUT2D eigenvalue weighted by atomic mass is 35.5. The summed E-state index contributed by atoms with van der Waals surface area (Å²) < 4.78 is 5.28. The Kier molecular flexibility index (Phi) is 7.42. The zero-order chi connectivity index (χ0) is 15.8. The van der Waals surface area contributed by atoms with Gasteiger partial charge in [0.05, 0.1) is 9.95 Å². The van der Waals surface area contributed by atoms with Gasteiger partial charge in [-0.2, -0.15) is 0 Å². The molecule has 21 heavy (non-hydrogen) atoms. The Morgan fingerprint density at radius 3 is 2.71 bits per heavy atom. The number of nitrogens with zero attached hydrogens (tertiary/aromatic N) is 1. The third-order valence-electron chi connectivity index (χ3n) is 2.57. The van der Waals surface area contributed by atoms with Gasteiger partial charge in [0.1, 0.15) is 5.02 Å². The largest absolute Gasteiger partial charge is 0.381 e. The quantitative estimate of drug-likeness (QED) is 0.448. The second-order valence-electron chi connectivity index (χ2n) is 4.27. The van der Waals surface area contributed by atoms with Gasteiger partial charge in [-0.15, -0.1) is 0 Å². The summed E-state index contributed by atoms with van der Waals surface area (Å²) in [6.07, 6.45) is 1.61. The maximum Gasteiger partial charge on any atom is 0.290 e. The molecule has 0 radical (unpaired) electrons. The van der Waals surface area contributed by atoms with Crippen LogP contribution in [0.5, 0.6) is 0 Å². The number of nitro groups is 1. The number of ether oxygens (including phenoxy) is 1. The Hall–Kier alpha value is -1.37. The van der Waals surface area contributed by atoms with E-state index in [9.17, 15) is 14.9 Å². The molecule has 0 saturated carbocycles. The molecular weight excluding hydrogens is 319 g/mol. The molecule has 0 fully saturated rings. The van der Waals surface area contributed by atoms with Gasteiger partial charge in [-0.3, -0.25) is 14.9 Å². The molecular formula is C13H16Cl2N2O4. The van der Waals surface area contributed by atoms with Crippen LogP contribution < -0.4 is 5.32 Å². The number of carbonyl (C=O) groups is 1. The maximum absolute atomic E-state index is 11.9. The smallest absolute Gasteiger partial charge is 0.290 e. The van der Waals surface area contributed by atoms with Crippen molar-refractivity contribution in [2.75, 3.05) is 19.8 Å². The Morgan fingerprint density at radius 2 is 2.10 bits per heavy atom. The fourth-order valence-corrected chi connectivity index (χ4v) is 1.96. The molecule has 0 aliphatic rings. The lowest BCUT2D eigenvalue weighted by molar-refractivity contribution is -0.384. The maximum atomic E-state index is 11.9. The van der Waals surface area contributed by atoms with E-state index in [1.54, 1.807) is 0 Å². The molecule has 1 rings (SSSR count). The van der Waals surface area contributed by atoms with Crippen molar-refractivity contribution in [1.82, 2.24) is 5.32 Å². The summed E-state index contributed by atoms with van der Waals surface area (Å²) in [5, 5.41) is 13.3. The van der Waals surface area contributed by atoms with E-state index in [1.807, 2.05) is 6.92 Å². The molecule has 0 heterocycles. The summed E-state index contributed by atoms with van der Waals surface area (Å²) in [5.74, 6) is -0.438. The highest BCUT2D eigenvalue weighted by Gasteiger charge is 2.19. The van der Waals surface area contributed by atoms with E-state index in [0.29, 0.717) is 26.2 Å². The van der Waals surface area contributed by atoms with Crippen LogP contribution in [0.2, 0.25) is 10.0 Å². The number of hydrogen-bond acceptors (Lipinski definition) is 4. The van der Waals surface area contributed by atoms with Gasteiger partial charge < -0.3 is 10.1 Å². The number of halogens is 2. The topological polar surface area (TPSA) is 81.5 Å². The molecule has 8 heteroatoms. The molecule has 1 aromatic carbocycles. The second-order valence-corrected chi connectivity index (χ2v) is 5.06. The summed E-state index contributed by atoms with van der Waals surface area (Å²) in [5.41, 5.74) is -0.286. The molecule has 1 N–H and O–H groups in total. The summed E-state index contributed by atoms with van der Waals surface area (Å²) in [4.78, 5) is 22.0. The highest BCUT2D eigenvalue weighted by Crippen LogP contribution is 2.32.